The van der Waals surface area contributed by atoms with E-state index in [1.54, 1.807) is 6.07 Å². The number of thioether (sulfide) groups is 1. The smallest absolute Gasteiger partial charge is 0.325 e. The Hall–Kier alpha value is -1.95. The molecule has 122 valence electrons. The molecule has 2 nitrogen and oxygen atoms in total. The summed E-state index contributed by atoms with van der Waals surface area (Å²) in [6, 6.07) is 12.4. The third-order valence-electron chi connectivity index (χ3n) is 3.20. The van der Waals surface area contributed by atoms with E-state index in [9.17, 15) is 18.0 Å². The molecule has 0 aromatic heterocycles. The lowest BCUT2D eigenvalue weighted by atomic mass is 10.1. The van der Waals surface area contributed by atoms with E-state index in [-0.39, 0.29) is 11.7 Å². The van der Waals surface area contributed by atoms with Crippen LogP contribution in [0.15, 0.2) is 53.4 Å². The van der Waals surface area contributed by atoms with E-state index in [1.165, 1.54) is 6.07 Å². The first-order chi connectivity index (χ1) is 10.9. The summed E-state index contributed by atoms with van der Waals surface area (Å²) in [6.07, 6.45) is -3.59. The summed E-state index contributed by atoms with van der Waals surface area (Å²) in [5.41, 5.74) is 1.05. The molecule has 1 amide bonds. The van der Waals surface area contributed by atoms with Crippen LogP contribution in [-0.4, -0.2) is 11.7 Å². The van der Waals surface area contributed by atoms with Crippen LogP contribution in [0.4, 0.5) is 18.9 Å². The van der Waals surface area contributed by atoms with Crippen LogP contribution in [0, 0.1) is 0 Å². The summed E-state index contributed by atoms with van der Waals surface area (Å²) in [5, 5.41) is 2.79. The van der Waals surface area contributed by atoms with Crippen molar-refractivity contribution in [3.05, 3.63) is 59.7 Å². The maximum Gasteiger partial charge on any atom is 0.416 e. The van der Waals surface area contributed by atoms with Crippen LogP contribution in [0.5, 0.6) is 0 Å². The zero-order valence-corrected chi connectivity index (χ0v) is 13.3. The monoisotopic (exact) mass is 339 g/mol. The maximum atomic E-state index is 12.6. The number of halogens is 3. The van der Waals surface area contributed by atoms with Crippen molar-refractivity contribution in [1.82, 2.24) is 0 Å². The number of anilines is 1. The quantitative estimate of drug-likeness (QED) is 0.777. The van der Waals surface area contributed by atoms with Crippen molar-refractivity contribution in [1.29, 1.82) is 0 Å². The van der Waals surface area contributed by atoms with Crippen LogP contribution in [0.1, 0.15) is 18.1 Å². The molecule has 23 heavy (non-hydrogen) atoms. The summed E-state index contributed by atoms with van der Waals surface area (Å²) in [5.74, 6) is -0.187. The Morgan fingerprint density at radius 3 is 2.57 bits per heavy atom. The fourth-order valence-electron chi connectivity index (χ4n) is 2.05. The highest BCUT2D eigenvalue weighted by Gasteiger charge is 2.30. The third-order valence-corrected chi connectivity index (χ3v) is 4.20. The predicted molar refractivity (Wildman–Crippen MR) is 86.6 cm³/mol. The van der Waals surface area contributed by atoms with Crippen LogP contribution < -0.4 is 5.32 Å². The summed E-state index contributed by atoms with van der Waals surface area (Å²) in [6.45, 7) is 1.99. The first kappa shape index (κ1) is 17.4. The average Bonchev–Trinajstić information content (AvgIpc) is 2.53. The number of nitrogens with one attached hydrogen (secondary N) is 1. The summed E-state index contributed by atoms with van der Waals surface area (Å²) in [4.78, 5) is 12.4. The van der Waals surface area contributed by atoms with Gasteiger partial charge in [0.15, 0.2) is 0 Å². The molecule has 6 heteroatoms. The van der Waals surface area contributed by atoms with Crippen LogP contribution in [-0.2, 0) is 17.4 Å². The van der Waals surface area contributed by atoms with Gasteiger partial charge in [-0.25, -0.2) is 0 Å². The molecule has 2 aromatic rings. The molecule has 0 heterocycles. The van der Waals surface area contributed by atoms with Crippen molar-refractivity contribution in [2.45, 2.75) is 24.4 Å². The zero-order valence-electron chi connectivity index (χ0n) is 12.5. The number of rotatable bonds is 5. The van der Waals surface area contributed by atoms with Crippen LogP contribution in [0.3, 0.4) is 0 Å². The van der Waals surface area contributed by atoms with E-state index in [0.717, 1.165) is 41.6 Å². The van der Waals surface area contributed by atoms with E-state index >= 15 is 0 Å². The van der Waals surface area contributed by atoms with Gasteiger partial charge in [0.1, 0.15) is 0 Å². The fourth-order valence-corrected chi connectivity index (χ4v) is 2.80. The Balaban J connectivity index is 1.97. The molecular formula is C17H16F3NOS. The molecule has 2 rings (SSSR count). The second kappa shape index (κ2) is 7.55. The standard InChI is InChI=1S/C17H16F3NOS/c1-2-12-6-3-4-9-15(12)21-16(22)11-23-14-8-5-7-13(10-14)17(18,19)20/h3-10H,2,11H2,1H3,(H,21,22). The van der Waals surface area contributed by atoms with Gasteiger partial charge in [0.2, 0.25) is 5.91 Å². The van der Waals surface area contributed by atoms with Gasteiger partial charge in [-0.1, -0.05) is 31.2 Å². The van der Waals surface area contributed by atoms with E-state index in [4.69, 9.17) is 0 Å². The molecule has 0 unspecified atom stereocenters. The molecule has 0 aliphatic heterocycles. The van der Waals surface area contributed by atoms with E-state index in [1.807, 2.05) is 31.2 Å². The van der Waals surface area contributed by atoms with Crippen molar-refractivity contribution < 1.29 is 18.0 Å². The number of carbonyl (C=O) groups is 1. The largest absolute Gasteiger partial charge is 0.416 e. The molecule has 0 atom stereocenters. The minimum Gasteiger partial charge on any atom is -0.325 e. The molecule has 0 aliphatic carbocycles. The minimum absolute atomic E-state index is 0.0549. The molecule has 0 aliphatic rings. The topological polar surface area (TPSA) is 29.1 Å². The number of amides is 1. The van der Waals surface area contributed by atoms with Gasteiger partial charge in [-0.2, -0.15) is 13.2 Å². The second-order valence-corrected chi connectivity index (χ2v) is 5.92. The lowest BCUT2D eigenvalue weighted by Gasteiger charge is -2.10. The molecule has 0 bridgehead atoms. The first-order valence-electron chi connectivity index (χ1n) is 7.08. The highest BCUT2D eigenvalue weighted by Crippen LogP contribution is 2.31. The number of hydrogen-bond acceptors (Lipinski definition) is 2. The minimum atomic E-state index is -4.38. The third kappa shape index (κ3) is 5.03. The van der Waals surface area contributed by atoms with Gasteiger partial charge in [0, 0.05) is 10.6 Å². The maximum absolute atomic E-state index is 12.6. The Labute approximate surface area is 137 Å². The molecule has 0 saturated carbocycles. The number of alkyl halides is 3. The van der Waals surface area contributed by atoms with E-state index in [2.05, 4.69) is 5.32 Å². The van der Waals surface area contributed by atoms with Gasteiger partial charge in [-0.15, -0.1) is 11.8 Å². The Morgan fingerprint density at radius 2 is 1.87 bits per heavy atom. The number of benzene rings is 2. The van der Waals surface area contributed by atoms with Crippen molar-refractivity contribution in [3.8, 4) is 0 Å². The fraction of sp³-hybridized carbons (Fsp3) is 0.235. The van der Waals surface area contributed by atoms with Gasteiger partial charge >= 0.3 is 6.18 Å². The Morgan fingerprint density at radius 1 is 1.13 bits per heavy atom. The lowest BCUT2D eigenvalue weighted by Crippen LogP contribution is -2.15. The predicted octanol–water partition coefficient (Wildman–Crippen LogP) is 5.00. The SMILES string of the molecule is CCc1ccccc1NC(=O)CSc1cccc(C(F)(F)F)c1. The molecule has 2 aromatic carbocycles. The van der Waals surface area contributed by atoms with Gasteiger partial charge in [0.05, 0.1) is 11.3 Å². The van der Waals surface area contributed by atoms with E-state index in [0.29, 0.717) is 4.90 Å². The summed E-state index contributed by atoms with van der Waals surface area (Å²) < 4.78 is 37.9. The van der Waals surface area contributed by atoms with Gasteiger partial charge in [-0.3, -0.25) is 4.79 Å². The number of hydrogen-bond donors (Lipinski definition) is 1. The molecule has 0 radical (unpaired) electrons. The summed E-state index contributed by atoms with van der Waals surface area (Å²) >= 11 is 1.08. The number of carbonyl (C=O) groups excluding carboxylic acids is 1. The molecule has 1 N–H and O–H groups in total. The van der Waals surface area contributed by atoms with E-state index < -0.39 is 11.7 Å². The second-order valence-electron chi connectivity index (χ2n) is 4.87. The molecular weight excluding hydrogens is 323 g/mol. The molecule has 0 fully saturated rings. The first-order valence-corrected chi connectivity index (χ1v) is 8.06. The highest BCUT2D eigenvalue weighted by molar-refractivity contribution is 8.00. The lowest BCUT2D eigenvalue weighted by molar-refractivity contribution is -0.137. The van der Waals surface area contributed by atoms with Crippen molar-refractivity contribution >= 4 is 23.4 Å². The molecule has 0 saturated heterocycles. The Kier molecular flexibility index (Phi) is 5.71. The van der Waals surface area contributed by atoms with Crippen molar-refractivity contribution in [2.75, 3.05) is 11.1 Å². The van der Waals surface area contributed by atoms with Gasteiger partial charge in [0.25, 0.3) is 0 Å². The average molecular weight is 339 g/mol. The van der Waals surface area contributed by atoms with Crippen LogP contribution in [0.2, 0.25) is 0 Å². The summed E-state index contributed by atoms with van der Waals surface area (Å²) in [7, 11) is 0. The number of para-hydroxylation sites is 1. The highest BCUT2D eigenvalue weighted by atomic mass is 32.2. The Bertz CT molecular complexity index is 686. The van der Waals surface area contributed by atoms with Crippen LogP contribution in [0.25, 0.3) is 0 Å². The normalized spacial score (nSPS) is 11.3. The zero-order chi connectivity index (χ0) is 16.9. The number of aryl methyl sites for hydroxylation is 1. The van der Waals surface area contributed by atoms with Gasteiger partial charge < -0.3 is 5.32 Å². The van der Waals surface area contributed by atoms with Crippen molar-refractivity contribution in [3.63, 3.8) is 0 Å². The van der Waals surface area contributed by atoms with Crippen molar-refractivity contribution in [2.24, 2.45) is 0 Å². The van der Waals surface area contributed by atoms with Gasteiger partial charge in [-0.05, 0) is 36.2 Å². The molecule has 0 spiro atoms. The van der Waals surface area contributed by atoms with Crippen LogP contribution >= 0.6 is 11.8 Å².